The number of hydrogen-bond donors (Lipinski definition) is 1. The number of amides is 3. The summed E-state index contributed by atoms with van der Waals surface area (Å²) in [5, 5.41) is 3.61. The minimum absolute atomic E-state index is 0.241. The number of hydrogen-bond acceptors (Lipinski definition) is 6. The van der Waals surface area contributed by atoms with Gasteiger partial charge in [-0.3, -0.25) is 23.7 Å². The number of carbonyl (C=O) groups is 3. The fraction of sp³-hybridized carbons (Fsp3) is 0.172. The number of thiazole rings is 1. The highest BCUT2D eigenvalue weighted by Gasteiger charge is 2.56. The maximum Gasteiger partial charge on any atom is 0.308 e. The Labute approximate surface area is 247 Å². The van der Waals surface area contributed by atoms with E-state index in [1.165, 1.54) is 21.2 Å². The summed E-state index contributed by atoms with van der Waals surface area (Å²) in [6, 6.07) is 21.0. The van der Waals surface area contributed by atoms with Crippen LogP contribution in [-0.4, -0.2) is 27.5 Å². The Bertz CT molecular complexity index is 1700. The summed E-state index contributed by atoms with van der Waals surface area (Å²) < 4.78 is 1.39. The van der Waals surface area contributed by atoms with E-state index in [2.05, 4.69) is 5.32 Å². The zero-order valence-electron chi connectivity index (χ0n) is 21.0. The maximum atomic E-state index is 13.9. The number of aryl methyl sites for hydroxylation is 1. The van der Waals surface area contributed by atoms with Crippen LogP contribution in [0.2, 0.25) is 10.0 Å². The fourth-order valence-corrected chi connectivity index (χ4v) is 8.14. The van der Waals surface area contributed by atoms with E-state index >= 15 is 0 Å². The predicted molar refractivity (Wildman–Crippen MR) is 159 cm³/mol. The van der Waals surface area contributed by atoms with Crippen molar-refractivity contribution in [3.05, 3.63) is 109 Å². The zero-order valence-corrected chi connectivity index (χ0v) is 24.1. The van der Waals surface area contributed by atoms with E-state index in [1.807, 2.05) is 31.2 Å². The van der Waals surface area contributed by atoms with Crippen LogP contribution in [0.4, 0.5) is 11.4 Å². The Kier molecular flexibility index (Phi) is 7.08. The highest BCUT2D eigenvalue weighted by Crippen LogP contribution is 2.53. The number of nitrogens with one attached hydrogen (secondary N) is 1. The Hall–Kier alpha value is -3.37. The second-order valence-corrected chi connectivity index (χ2v) is 12.6. The minimum atomic E-state index is -0.762. The third-order valence-corrected chi connectivity index (χ3v) is 10.1. The summed E-state index contributed by atoms with van der Waals surface area (Å²) in [6.45, 7) is 1.69. The van der Waals surface area contributed by atoms with E-state index < -0.39 is 23.0 Å². The number of anilines is 2. The topological polar surface area (TPSA) is 88.5 Å². The van der Waals surface area contributed by atoms with E-state index in [9.17, 15) is 19.2 Å². The summed E-state index contributed by atoms with van der Waals surface area (Å²) >= 11 is 14.3. The van der Waals surface area contributed by atoms with Crippen LogP contribution in [0.5, 0.6) is 0 Å². The summed E-state index contributed by atoms with van der Waals surface area (Å²) in [5.41, 5.74) is 2.83. The van der Waals surface area contributed by atoms with Crippen LogP contribution in [0.3, 0.4) is 0 Å². The van der Waals surface area contributed by atoms with Crippen LogP contribution in [0.1, 0.15) is 21.9 Å². The fourth-order valence-electron chi connectivity index (χ4n) is 5.11. The van der Waals surface area contributed by atoms with Crippen LogP contribution in [0.25, 0.3) is 0 Å². The van der Waals surface area contributed by atoms with Crippen molar-refractivity contribution in [3.8, 4) is 0 Å². The van der Waals surface area contributed by atoms with Gasteiger partial charge in [-0.25, -0.2) is 4.90 Å². The molecule has 0 saturated carbocycles. The largest absolute Gasteiger partial charge is 0.325 e. The highest BCUT2D eigenvalue weighted by atomic mass is 35.5. The first-order valence-electron chi connectivity index (χ1n) is 12.4. The second kappa shape index (κ2) is 10.6. The molecule has 2 aliphatic rings. The van der Waals surface area contributed by atoms with Crippen LogP contribution >= 0.6 is 46.3 Å². The van der Waals surface area contributed by atoms with E-state index in [4.69, 9.17) is 23.2 Å². The molecule has 1 saturated heterocycles. The minimum Gasteiger partial charge on any atom is -0.325 e. The van der Waals surface area contributed by atoms with Gasteiger partial charge in [-0.2, -0.15) is 0 Å². The predicted octanol–water partition coefficient (Wildman–Crippen LogP) is 5.96. The lowest BCUT2D eigenvalue weighted by Gasteiger charge is -2.30. The first kappa shape index (κ1) is 26.8. The molecule has 0 bridgehead atoms. The summed E-state index contributed by atoms with van der Waals surface area (Å²) in [5.74, 6) is -2.33. The van der Waals surface area contributed by atoms with Gasteiger partial charge in [0.2, 0.25) is 17.7 Å². The van der Waals surface area contributed by atoms with Crippen molar-refractivity contribution in [2.75, 3.05) is 10.2 Å². The van der Waals surface area contributed by atoms with Crippen LogP contribution in [0.15, 0.2) is 82.6 Å². The monoisotopic (exact) mass is 609 g/mol. The first-order chi connectivity index (χ1) is 19.2. The maximum absolute atomic E-state index is 13.9. The molecule has 3 aromatic carbocycles. The molecule has 40 heavy (non-hydrogen) atoms. The summed E-state index contributed by atoms with van der Waals surface area (Å²) in [6.07, 6.45) is 0. The Morgan fingerprint density at radius 1 is 0.875 bits per heavy atom. The lowest BCUT2D eigenvalue weighted by molar-refractivity contribution is -0.122. The molecule has 11 heteroatoms. The molecule has 2 aliphatic heterocycles. The number of carbonyl (C=O) groups excluding carboxylic acids is 3. The lowest BCUT2D eigenvalue weighted by Crippen LogP contribution is -2.33. The number of fused-ring (bicyclic) bond motifs is 2. The molecule has 0 spiro atoms. The van der Waals surface area contributed by atoms with E-state index in [0.29, 0.717) is 31.3 Å². The number of aromatic nitrogens is 1. The molecular formula is C29H21Cl2N3O4S2. The van der Waals surface area contributed by atoms with Gasteiger partial charge in [0, 0.05) is 26.5 Å². The third-order valence-electron chi connectivity index (χ3n) is 7.00. The average Bonchev–Trinajstić information content (AvgIpc) is 3.37. The molecule has 3 amide bonds. The van der Waals surface area contributed by atoms with Crippen molar-refractivity contribution in [3.63, 3.8) is 0 Å². The molecule has 0 aliphatic carbocycles. The summed E-state index contributed by atoms with van der Waals surface area (Å²) in [7, 11) is 0. The molecule has 1 N–H and O–H groups in total. The number of benzene rings is 3. The number of thioether (sulfide) groups is 1. The quantitative estimate of drug-likeness (QED) is 0.282. The number of rotatable bonds is 5. The van der Waals surface area contributed by atoms with Crippen LogP contribution < -0.4 is 15.1 Å². The zero-order chi connectivity index (χ0) is 28.1. The Balaban J connectivity index is 1.40. The molecule has 1 fully saturated rings. The van der Waals surface area contributed by atoms with E-state index in [0.717, 1.165) is 22.5 Å². The normalized spacial score (nSPS) is 19.9. The number of nitrogens with zero attached hydrogens (tertiary/aromatic N) is 2. The molecule has 0 radical (unpaired) electrons. The molecule has 2 unspecified atom stereocenters. The molecule has 6 rings (SSSR count). The van der Waals surface area contributed by atoms with Gasteiger partial charge in [0.1, 0.15) is 11.8 Å². The smallest absolute Gasteiger partial charge is 0.308 e. The van der Waals surface area contributed by atoms with Gasteiger partial charge in [0.15, 0.2) is 0 Å². The van der Waals surface area contributed by atoms with Gasteiger partial charge in [-0.1, -0.05) is 76.1 Å². The van der Waals surface area contributed by atoms with Crippen LogP contribution in [-0.2, 0) is 20.9 Å². The number of imide groups is 1. The molecule has 1 aromatic heterocycles. The van der Waals surface area contributed by atoms with Gasteiger partial charge in [0.25, 0.3) is 0 Å². The SMILES string of the molecule is Cc1ccc(N2C(=O)C3Sc4c(sc(=O)n4CC(=O)Nc4ccc(Cl)cc4)[C@@H](c4ccc(Cl)cc4)C3C2=O)cc1. The third kappa shape index (κ3) is 4.77. The molecule has 4 aromatic rings. The van der Waals surface area contributed by atoms with Crippen molar-refractivity contribution in [2.45, 2.75) is 29.7 Å². The standard InChI is InChI=1S/C29H21Cl2N3O4S2/c1-15-2-12-20(13-3-15)34-26(36)23-22(16-4-6-17(30)7-5-16)25-28(39-24(23)27(34)37)33(29(38)40-25)14-21(35)32-19-10-8-18(31)9-11-19/h2-13,22-24H,14H2,1H3,(H,32,35)/t22-,23?,24?/m0/s1. The summed E-state index contributed by atoms with van der Waals surface area (Å²) in [4.78, 5) is 55.4. The van der Waals surface area contributed by atoms with Crippen LogP contribution in [0, 0.1) is 12.8 Å². The lowest BCUT2D eigenvalue weighted by atomic mass is 9.83. The molecular weight excluding hydrogens is 589 g/mol. The van der Waals surface area contributed by atoms with Crippen molar-refractivity contribution >= 4 is 75.4 Å². The highest BCUT2D eigenvalue weighted by molar-refractivity contribution is 8.00. The van der Waals surface area contributed by atoms with Gasteiger partial charge >= 0.3 is 4.87 Å². The van der Waals surface area contributed by atoms with Gasteiger partial charge in [-0.05, 0) is 61.0 Å². The van der Waals surface area contributed by atoms with Crippen molar-refractivity contribution in [1.29, 1.82) is 0 Å². The van der Waals surface area contributed by atoms with Gasteiger partial charge < -0.3 is 5.32 Å². The first-order valence-corrected chi connectivity index (χ1v) is 14.8. The average molecular weight is 611 g/mol. The van der Waals surface area contributed by atoms with Gasteiger partial charge in [-0.15, -0.1) is 0 Å². The Morgan fingerprint density at radius 3 is 2.15 bits per heavy atom. The molecule has 202 valence electrons. The second-order valence-electron chi connectivity index (χ2n) is 9.62. The van der Waals surface area contributed by atoms with E-state index in [1.54, 1.807) is 48.5 Å². The molecule has 7 nitrogen and oxygen atoms in total. The van der Waals surface area contributed by atoms with Gasteiger partial charge in [0.05, 0.1) is 16.6 Å². The van der Waals surface area contributed by atoms with Crippen molar-refractivity contribution < 1.29 is 14.4 Å². The van der Waals surface area contributed by atoms with Crippen molar-refractivity contribution in [2.24, 2.45) is 5.92 Å². The van der Waals surface area contributed by atoms with E-state index in [-0.39, 0.29) is 23.2 Å². The Morgan fingerprint density at radius 2 is 1.50 bits per heavy atom. The molecule has 3 heterocycles. The van der Waals surface area contributed by atoms with Crippen molar-refractivity contribution in [1.82, 2.24) is 4.57 Å². The number of halogens is 2. The molecule has 3 atom stereocenters.